The van der Waals surface area contributed by atoms with Crippen LogP contribution in [0.15, 0.2) is 18.6 Å². The molecule has 1 unspecified atom stereocenters. The third-order valence-electron chi connectivity index (χ3n) is 3.34. The van der Waals surface area contributed by atoms with Crippen molar-refractivity contribution < 1.29 is 9.53 Å². The van der Waals surface area contributed by atoms with Crippen LogP contribution >= 0.6 is 0 Å². The average Bonchev–Trinajstić information content (AvgIpc) is 2.49. The molecular formula is C14H22N4O2. The zero-order chi connectivity index (χ0) is 14.2. The molecule has 1 aromatic rings. The summed E-state index contributed by atoms with van der Waals surface area (Å²) in [6, 6.07) is 0.180. The van der Waals surface area contributed by atoms with Crippen molar-refractivity contribution in [1.82, 2.24) is 15.3 Å². The Morgan fingerprint density at radius 3 is 3.20 bits per heavy atom. The smallest absolute Gasteiger partial charge is 0.222 e. The zero-order valence-electron chi connectivity index (χ0n) is 11.9. The zero-order valence-corrected chi connectivity index (χ0v) is 11.9. The molecule has 1 fully saturated rings. The molecule has 20 heavy (non-hydrogen) atoms. The fourth-order valence-corrected chi connectivity index (χ4v) is 2.37. The van der Waals surface area contributed by atoms with Gasteiger partial charge in [0.1, 0.15) is 5.82 Å². The van der Waals surface area contributed by atoms with Gasteiger partial charge in [0.25, 0.3) is 0 Å². The van der Waals surface area contributed by atoms with E-state index in [2.05, 4.69) is 20.2 Å². The quantitative estimate of drug-likeness (QED) is 0.786. The molecule has 0 aromatic carbocycles. The van der Waals surface area contributed by atoms with Crippen LogP contribution in [0.4, 0.5) is 5.82 Å². The molecule has 1 N–H and O–H groups in total. The summed E-state index contributed by atoms with van der Waals surface area (Å²) in [6.45, 7) is 4.82. The number of hydrogen-bond donors (Lipinski definition) is 1. The second kappa shape index (κ2) is 7.79. The summed E-state index contributed by atoms with van der Waals surface area (Å²) in [5, 5.41) is 3.07. The van der Waals surface area contributed by atoms with Gasteiger partial charge >= 0.3 is 0 Å². The van der Waals surface area contributed by atoms with Crippen LogP contribution in [0, 0.1) is 0 Å². The topological polar surface area (TPSA) is 67.3 Å². The number of hydrogen-bond acceptors (Lipinski definition) is 5. The fraction of sp³-hybridized carbons (Fsp3) is 0.643. The van der Waals surface area contributed by atoms with Crippen molar-refractivity contribution in [2.24, 2.45) is 0 Å². The Morgan fingerprint density at radius 1 is 1.55 bits per heavy atom. The highest BCUT2D eigenvalue weighted by molar-refractivity contribution is 5.76. The van der Waals surface area contributed by atoms with Crippen molar-refractivity contribution in [3.63, 3.8) is 0 Å². The molecule has 1 saturated heterocycles. The first-order chi connectivity index (χ1) is 9.79. The summed E-state index contributed by atoms with van der Waals surface area (Å²) < 4.78 is 5.19. The van der Waals surface area contributed by atoms with Gasteiger partial charge in [-0.25, -0.2) is 4.98 Å². The lowest BCUT2D eigenvalue weighted by atomic mass is 10.1. The highest BCUT2D eigenvalue weighted by Crippen LogP contribution is 2.16. The monoisotopic (exact) mass is 278 g/mol. The van der Waals surface area contributed by atoms with Crippen LogP contribution < -0.4 is 10.2 Å². The summed E-state index contributed by atoms with van der Waals surface area (Å²) in [5.74, 6) is 0.935. The molecule has 110 valence electrons. The normalized spacial score (nSPS) is 18.9. The third-order valence-corrected chi connectivity index (χ3v) is 3.34. The molecule has 2 rings (SSSR count). The number of anilines is 1. The maximum atomic E-state index is 11.8. The van der Waals surface area contributed by atoms with Crippen LogP contribution in [-0.4, -0.2) is 48.2 Å². The van der Waals surface area contributed by atoms with E-state index in [1.807, 2.05) is 6.92 Å². The Bertz CT molecular complexity index is 413. The SMILES string of the molecule is CCOCCC(=O)NC1CCCN(c2cnccn2)C1. The minimum Gasteiger partial charge on any atom is -0.381 e. The molecule has 1 atom stereocenters. The van der Waals surface area contributed by atoms with Crippen LogP contribution in [0.3, 0.4) is 0 Å². The van der Waals surface area contributed by atoms with Gasteiger partial charge in [-0.15, -0.1) is 0 Å². The first-order valence-electron chi connectivity index (χ1n) is 7.17. The molecule has 0 spiro atoms. The molecular weight excluding hydrogens is 256 g/mol. The van der Waals surface area contributed by atoms with Gasteiger partial charge in [-0.3, -0.25) is 9.78 Å². The van der Waals surface area contributed by atoms with Gasteiger partial charge in [-0.1, -0.05) is 0 Å². The van der Waals surface area contributed by atoms with E-state index in [4.69, 9.17) is 4.74 Å². The second-order valence-corrected chi connectivity index (χ2v) is 4.86. The van der Waals surface area contributed by atoms with Crippen LogP contribution in [0.5, 0.6) is 0 Å². The third kappa shape index (κ3) is 4.45. The van der Waals surface area contributed by atoms with E-state index in [9.17, 15) is 4.79 Å². The molecule has 1 amide bonds. The van der Waals surface area contributed by atoms with Crippen LogP contribution in [0.2, 0.25) is 0 Å². The van der Waals surface area contributed by atoms with Gasteiger partial charge < -0.3 is 15.0 Å². The van der Waals surface area contributed by atoms with Crippen LogP contribution in [0.25, 0.3) is 0 Å². The molecule has 0 radical (unpaired) electrons. The maximum Gasteiger partial charge on any atom is 0.222 e. The summed E-state index contributed by atoms with van der Waals surface area (Å²) in [7, 11) is 0. The predicted molar refractivity (Wildman–Crippen MR) is 76.5 cm³/mol. The van der Waals surface area contributed by atoms with Gasteiger partial charge in [0.05, 0.1) is 12.8 Å². The van der Waals surface area contributed by atoms with Crippen LogP contribution in [0.1, 0.15) is 26.2 Å². The van der Waals surface area contributed by atoms with Crippen LogP contribution in [-0.2, 0) is 9.53 Å². The van der Waals surface area contributed by atoms with Crippen molar-refractivity contribution in [3.8, 4) is 0 Å². The van der Waals surface area contributed by atoms with Crippen molar-refractivity contribution >= 4 is 11.7 Å². The average molecular weight is 278 g/mol. The number of carbonyl (C=O) groups excluding carboxylic acids is 1. The number of carbonyl (C=O) groups is 1. The summed E-state index contributed by atoms with van der Waals surface area (Å²) in [6.07, 6.45) is 7.61. The summed E-state index contributed by atoms with van der Waals surface area (Å²) >= 11 is 0. The predicted octanol–water partition coefficient (Wildman–Crippen LogP) is 0.988. The van der Waals surface area contributed by atoms with Crippen molar-refractivity contribution in [1.29, 1.82) is 0 Å². The van der Waals surface area contributed by atoms with Gasteiger partial charge in [0, 0.05) is 44.6 Å². The van der Waals surface area contributed by atoms with Crippen molar-refractivity contribution in [2.75, 3.05) is 31.2 Å². The van der Waals surface area contributed by atoms with E-state index in [-0.39, 0.29) is 11.9 Å². The van der Waals surface area contributed by atoms with Crippen molar-refractivity contribution in [2.45, 2.75) is 32.2 Å². The number of ether oxygens (including phenoxy) is 1. The largest absolute Gasteiger partial charge is 0.381 e. The number of nitrogens with zero attached hydrogens (tertiary/aromatic N) is 3. The minimum atomic E-state index is 0.0597. The molecule has 0 bridgehead atoms. The maximum absolute atomic E-state index is 11.8. The summed E-state index contributed by atoms with van der Waals surface area (Å²) in [4.78, 5) is 22.4. The molecule has 6 heteroatoms. The Kier molecular flexibility index (Phi) is 5.73. The lowest BCUT2D eigenvalue weighted by Gasteiger charge is -2.33. The van der Waals surface area contributed by atoms with E-state index in [0.717, 1.165) is 31.7 Å². The number of aromatic nitrogens is 2. The highest BCUT2D eigenvalue weighted by Gasteiger charge is 2.22. The molecule has 2 heterocycles. The molecule has 0 aliphatic carbocycles. The molecule has 1 aromatic heterocycles. The van der Waals surface area contributed by atoms with Crippen molar-refractivity contribution in [3.05, 3.63) is 18.6 Å². The minimum absolute atomic E-state index is 0.0597. The molecule has 1 aliphatic heterocycles. The first-order valence-corrected chi connectivity index (χ1v) is 7.17. The Morgan fingerprint density at radius 2 is 2.45 bits per heavy atom. The standard InChI is InChI=1S/C14H22N4O2/c1-2-20-9-5-14(19)17-12-4-3-8-18(11-12)13-10-15-6-7-16-13/h6-7,10,12H,2-5,8-9,11H2,1H3,(H,17,19). The fourth-order valence-electron chi connectivity index (χ4n) is 2.37. The van der Waals surface area contributed by atoms with Gasteiger partial charge in [0.2, 0.25) is 5.91 Å². The van der Waals surface area contributed by atoms with E-state index >= 15 is 0 Å². The molecule has 6 nitrogen and oxygen atoms in total. The van der Waals surface area contributed by atoms with E-state index in [1.165, 1.54) is 0 Å². The number of nitrogens with one attached hydrogen (secondary N) is 1. The number of rotatable bonds is 6. The Hall–Kier alpha value is -1.69. The highest BCUT2D eigenvalue weighted by atomic mass is 16.5. The first kappa shape index (κ1) is 14.7. The number of piperidine rings is 1. The Balaban J connectivity index is 1.80. The molecule has 0 saturated carbocycles. The van der Waals surface area contributed by atoms with E-state index < -0.39 is 0 Å². The lowest BCUT2D eigenvalue weighted by molar-refractivity contribution is -0.122. The van der Waals surface area contributed by atoms with E-state index in [1.54, 1.807) is 18.6 Å². The van der Waals surface area contributed by atoms with Gasteiger partial charge in [-0.2, -0.15) is 0 Å². The summed E-state index contributed by atoms with van der Waals surface area (Å²) in [5.41, 5.74) is 0. The lowest BCUT2D eigenvalue weighted by Crippen LogP contribution is -2.48. The molecule has 1 aliphatic rings. The van der Waals surface area contributed by atoms with Gasteiger partial charge in [0.15, 0.2) is 0 Å². The van der Waals surface area contributed by atoms with Gasteiger partial charge in [-0.05, 0) is 19.8 Å². The Labute approximate surface area is 119 Å². The number of amides is 1. The van der Waals surface area contributed by atoms with E-state index in [0.29, 0.717) is 19.6 Å². The second-order valence-electron chi connectivity index (χ2n) is 4.86.